The highest BCUT2D eigenvalue weighted by Crippen LogP contribution is 2.27. The lowest BCUT2D eigenvalue weighted by Gasteiger charge is -2.26. The Labute approximate surface area is 177 Å². The van der Waals surface area contributed by atoms with Crippen molar-refractivity contribution in [3.8, 4) is 5.75 Å². The van der Waals surface area contributed by atoms with Crippen molar-refractivity contribution in [2.75, 3.05) is 13.7 Å². The normalized spacial score (nSPS) is 11.6. The van der Waals surface area contributed by atoms with Gasteiger partial charge in [0.2, 0.25) is 5.91 Å². The third-order valence-electron chi connectivity index (χ3n) is 4.97. The molecule has 0 radical (unpaired) electrons. The maximum Gasteiger partial charge on any atom is 0.255 e. The highest BCUT2D eigenvalue weighted by Gasteiger charge is 2.23. The zero-order valence-corrected chi connectivity index (χ0v) is 17.2. The van der Waals surface area contributed by atoms with Crippen LogP contribution in [0.4, 0.5) is 0 Å². The van der Waals surface area contributed by atoms with E-state index in [0.29, 0.717) is 11.3 Å². The number of para-hydroxylation sites is 1. The molecule has 0 aliphatic carbocycles. The van der Waals surface area contributed by atoms with Crippen molar-refractivity contribution in [1.82, 2.24) is 10.6 Å². The second-order valence-electron chi connectivity index (χ2n) is 7.04. The van der Waals surface area contributed by atoms with Gasteiger partial charge in [0.25, 0.3) is 5.91 Å². The third kappa shape index (κ3) is 5.26. The van der Waals surface area contributed by atoms with Gasteiger partial charge < -0.3 is 15.4 Å². The predicted octanol–water partition coefficient (Wildman–Crippen LogP) is 3.76. The molecule has 30 heavy (non-hydrogen) atoms. The van der Waals surface area contributed by atoms with Gasteiger partial charge in [-0.15, -0.1) is 0 Å². The van der Waals surface area contributed by atoms with Crippen LogP contribution in [0.5, 0.6) is 5.75 Å². The van der Waals surface area contributed by atoms with E-state index < -0.39 is 0 Å². The van der Waals surface area contributed by atoms with Crippen LogP contribution in [0.15, 0.2) is 84.9 Å². The largest absolute Gasteiger partial charge is 0.496 e. The molecule has 0 saturated heterocycles. The number of carbonyl (C=O) groups is 2. The number of amides is 2. The molecule has 3 aromatic carbocycles. The Hall–Kier alpha value is -3.60. The Morgan fingerprint density at radius 1 is 0.833 bits per heavy atom. The number of rotatable bonds is 8. The van der Waals surface area contributed by atoms with Crippen LogP contribution in [0.2, 0.25) is 0 Å². The fourth-order valence-corrected chi connectivity index (χ4v) is 3.57. The molecule has 0 saturated carbocycles. The smallest absolute Gasteiger partial charge is 0.255 e. The number of benzene rings is 3. The monoisotopic (exact) mass is 402 g/mol. The van der Waals surface area contributed by atoms with Gasteiger partial charge in [0.05, 0.1) is 19.2 Å². The van der Waals surface area contributed by atoms with Gasteiger partial charge in [-0.25, -0.2) is 0 Å². The molecule has 154 valence electrons. The van der Waals surface area contributed by atoms with Crippen LogP contribution in [-0.4, -0.2) is 31.5 Å². The average molecular weight is 402 g/mol. The van der Waals surface area contributed by atoms with E-state index in [9.17, 15) is 9.59 Å². The van der Waals surface area contributed by atoms with E-state index in [4.69, 9.17) is 4.74 Å². The molecule has 0 aliphatic heterocycles. The quantitative estimate of drug-likeness (QED) is 0.603. The first-order chi connectivity index (χ1) is 14.6. The number of hydrogen-bond donors (Lipinski definition) is 2. The van der Waals surface area contributed by atoms with E-state index in [1.54, 1.807) is 24.3 Å². The molecule has 0 aliphatic rings. The van der Waals surface area contributed by atoms with E-state index >= 15 is 0 Å². The van der Waals surface area contributed by atoms with Gasteiger partial charge in [0.15, 0.2) is 0 Å². The molecule has 0 bridgehead atoms. The molecular weight excluding hydrogens is 376 g/mol. The Balaban J connectivity index is 1.66. The number of carbonyl (C=O) groups excluding carboxylic acids is 2. The summed E-state index contributed by atoms with van der Waals surface area (Å²) in [7, 11) is 1.51. The number of methoxy groups -OCH3 is 1. The minimum absolute atomic E-state index is 0.00117. The van der Waals surface area contributed by atoms with Crippen LogP contribution < -0.4 is 15.4 Å². The molecule has 1 atom stereocenters. The summed E-state index contributed by atoms with van der Waals surface area (Å²) in [6, 6.07) is 26.9. The Bertz CT molecular complexity index is 934. The van der Waals surface area contributed by atoms with Crippen molar-refractivity contribution >= 4 is 11.8 Å². The van der Waals surface area contributed by atoms with Gasteiger partial charge in [-0.3, -0.25) is 9.59 Å². The molecule has 5 nitrogen and oxygen atoms in total. The third-order valence-corrected chi connectivity index (χ3v) is 4.97. The molecule has 0 heterocycles. The molecule has 5 heteroatoms. The van der Waals surface area contributed by atoms with E-state index in [2.05, 4.69) is 34.9 Å². The number of nitrogens with one attached hydrogen (secondary N) is 2. The lowest BCUT2D eigenvalue weighted by atomic mass is 9.86. The summed E-state index contributed by atoms with van der Waals surface area (Å²) in [5.74, 6) is -0.126. The van der Waals surface area contributed by atoms with Crippen LogP contribution >= 0.6 is 0 Å². The maximum atomic E-state index is 12.6. The standard InChI is InChI=1S/C25H26N2O3/c1-18(24(19-11-5-3-6-12-19)20-13-7-4-8-14-20)27-23(28)17-26-25(29)21-15-9-10-16-22(21)30-2/h3-16,18,24H,17H2,1-2H3,(H,26,29)(H,27,28)/t18-/m0/s1. The summed E-state index contributed by atoms with van der Waals surface area (Å²) in [6.07, 6.45) is 0. The highest BCUT2D eigenvalue weighted by atomic mass is 16.5. The van der Waals surface area contributed by atoms with Crippen LogP contribution in [0, 0.1) is 0 Å². The van der Waals surface area contributed by atoms with Crippen molar-refractivity contribution in [2.45, 2.75) is 18.9 Å². The molecular formula is C25H26N2O3. The Kier molecular flexibility index (Phi) is 7.22. The fraction of sp³-hybridized carbons (Fsp3) is 0.200. The van der Waals surface area contributed by atoms with Gasteiger partial charge in [0, 0.05) is 12.0 Å². The zero-order chi connectivity index (χ0) is 21.3. The molecule has 2 N–H and O–H groups in total. The first kappa shape index (κ1) is 21.1. The predicted molar refractivity (Wildman–Crippen MR) is 118 cm³/mol. The average Bonchev–Trinajstić information content (AvgIpc) is 2.79. The lowest BCUT2D eigenvalue weighted by Crippen LogP contribution is -2.43. The molecule has 3 aromatic rings. The summed E-state index contributed by atoms with van der Waals surface area (Å²) >= 11 is 0. The van der Waals surface area contributed by atoms with E-state index in [-0.39, 0.29) is 30.3 Å². The summed E-state index contributed by atoms with van der Waals surface area (Å²) in [6.45, 7) is 1.86. The van der Waals surface area contributed by atoms with Crippen molar-refractivity contribution in [1.29, 1.82) is 0 Å². The van der Waals surface area contributed by atoms with Crippen molar-refractivity contribution in [3.05, 3.63) is 102 Å². The minimum atomic E-state index is -0.349. The van der Waals surface area contributed by atoms with E-state index in [0.717, 1.165) is 11.1 Å². The van der Waals surface area contributed by atoms with E-state index in [1.165, 1.54) is 7.11 Å². The molecule has 0 spiro atoms. The first-order valence-corrected chi connectivity index (χ1v) is 9.90. The van der Waals surface area contributed by atoms with Crippen molar-refractivity contribution < 1.29 is 14.3 Å². The molecule has 2 amide bonds. The summed E-state index contributed by atoms with van der Waals surface area (Å²) < 4.78 is 5.21. The molecule has 3 rings (SSSR count). The summed E-state index contributed by atoms with van der Waals surface area (Å²) in [4.78, 5) is 25.0. The van der Waals surface area contributed by atoms with Gasteiger partial charge in [-0.1, -0.05) is 72.8 Å². The molecule has 0 fully saturated rings. The fourth-order valence-electron chi connectivity index (χ4n) is 3.57. The number of ether oxygens (including phenoxy) is 1. The second kappa shape index (κ2) is 10.3. The lowest BCUT2D eigenvalue weighted by molar-refractivity contribution is -0.120. The highest BCUT2D eigenvalue weighted by molar-refractivity contribution is 5.98. The van der Waals surface area contributed by atoms with Crippen molar-refractivity contribution in [3.63, 3.8) is 0 Å². The maximum absolute atomic E-state index is 12.6. The number of hydrogen-bond acceptors (Lipinski definition) is 3. The Morgan fingerprint density at radius 2 is 1.37 bits per heavy atom. The van der Waals surface area contributed by atoms with Crippen LogP contribution in [0.1, 0.15) is 34.3 Å². The van der Waals surface area contributed by atoms with E-state index in [1.807, 2.05) is 43.3 Å². The van der Waals surface area contributed by atoms with Crippen LogP contribution in [-0.2, 0) is 4.79 Å². The van der Waals surface area contributed by atoms with Crippen LogP contribution in [0.25, 0.3) is 0 Å². The topological polar surface area (TPSA) is 67.4 Å². The summed E-state index contributed by atoms with van der Waals surface area (Å²) in [5, 5.41) is 5.69. The second-order valence-corrected chi connectivity index (χ2v) is 7.04. The van der Waals surface area contributed by atoms with Gasteiger partial charge >= 0.3 is 0 Å². The zero-order valence-electron chi connectivity index (χ0n) is 17.2. The molecule has 0 aromatic heterocycles. The summed E-state index contributed by atoms with van der Waals surface area (Å²) in [5.41, 5.74) is 2.64. The van der Waals surface area contributed by atoms with Crippen molar-refractivity contribution in [2.24, 2.45) is 0 Å². The minimum Gasteiger partial charge on any atom is -0.496 e. The van der Waals surface area contributed by atoms with Gasteiger partial charge in [0.1, 0.15) is 5.75 Å². The molecule has 0 unspecified atom stereocenters. The van der Waals surface area contributed by atoms with Crippen LogP contribution in [0.3, 0.4) is 0 Å². The first-order valence-electron chi connectivity index (χ1n) is 9.90. The van der Waals surface area contributed by atoms with Gasteiger partial charge in [-0.05, 0) is 30.2 Å². The SMILES string of the molecule is COc1ccccc1C(=O)NCC(=O)N[C@@H](C)C(c1ccccc1)c1ccccc1. The Morgan fingerprint density at radius 3 is 1.93 bits per heavy atom. The van der Waals surface area contributed by atoms with Gasteiger partial charge in [-0.2, -0.15) is 0 Å².